The molecule has 32 heavy (non-hydrogen) atoms. The minimum atomic E-state index is -0.603. The Morgan fingerprint density at radius 2 is 1.94 bits per heavy atom. The van der Waals surface area contributed by atoms with E-state index in [0.29, 0.717) is 23.0 Å². The van der Waals surface area contributed by atoms with Crippen LogP contribution in [0.3, 0.4) is 0 Å². The zero-order valence-corrected chi connectivity index (χ0v) is 17.2. The molecule has 0 unspecified atom stereocenters. The molecule has 0 bridgehead atoms. The zero-order valence-electron chi connectivity index (χ0n) is 16.4. The molecule has 2 aromatic carbocycles. The van der Waals surface area contributed by atoms with E-state index < -0.39 is 28.7 Å². The largest absolute Gasteiger partial charge is 0.350 e. The summed E-state index contributed by atoms with van der Waals surface area (Å²) in [6, 6.07) is 12.9. The Labute approximate surface area is 185 Å². The molecule has 1 saturated heterocycles. The Balaban J connectivity index is 1.35. The minimum Gasteiger partial charge on any atom is -0.350 e. The molecule has 0 atom stereocenters. The number of amides is 3. The van der Waals surface area contributed by atoms with E-state index in [1.165, 1.54) is 48.5 Å². The predicted octanol–water partition coefficient (Wildman–Crippen LogP) is 4.09. The number of halogens is 2. The van der Waals surface area contributed by atoms with Crippen LogP contribution in [0.1, 0.15) is 16.1 Å². The van der Waals surface area contributed by atoms with Crippen molar-refractivity contribution in [1.82, 2.24) is 15.4 Å². The molecule has 3 amide bonds. The van der Waals surface area contributed by atoms with Crippen molar-refractivity contribution in [2.24, 2.45) is 0 Å². The second-order valence-electron chi connectivity index (χ2n) is 6.70. The van der Waals surface area contributed by atoms with Crippen molar-refractivity contribution in [3.8, 4) is 11.3 Å². The lowest BCUT2D eigenvalue weighted by atomic mass is 10.1. The van der Waals surface area contributed by atoms with Gasteiger partial charge in [-0.25, -0.2) is 8.78 Å². The van der Waals surface area contributed by atoms with Crippen molar-refractivity contribution >= 4 is 34.9 Å². The van der Waals surface area contributed by atoms with E-state index in [2.05, 4.69) is 10.5 Å². The van der Waals surface area contributed by atoms with Gasteiger partial charge in [-0.2, -0.15) is 0 Å². The maximum atomic E-state index is 13.8. The molecule has 0 radical (unpaired) electrons. The predicted molar refractivity (Wildman–Crippen MR) is 113 cm³/mol. The number of carbonyl (C=O) groups excluding carboxylic acids is 3. The highest BCUT2D eigenvalue weighted by Crippen LogP contribution is 2.32. The van der Waals surface area contributed by atoms with Crippen LogP contribution < -0.4 is 5.32 Å². The van der Waals surface area contributed by atoms with Crippen LogP contribution in [0.2, 0.25) is 0 Å². The zero-order chi connectivity index (χ0) is 22.7. The minimum absolute atomic E-state index is 0.0279. The highest BCUT2D eigenvalue weighted by molar-refractivity contribution is 8.18. The molecular formula is C22H15F2N3O4S. The van der Waals surface area contributed by atoms with Crippen LogP contribution >= 0.6 is 11.8 Å². The average molecular weight is 455 g/mol. The van der Waals surface area contributed by atoms with Gasteiger partial charge in [-0.05, 0) is 36.0 Å². The van der Waals surface area contributed by atoms with Gasteiger partial charge < -0.3 is 9.84 Å². The number of hydrogen-bond donors (Lipinski definition) is 1. The van der Waals surface area contributed by atoms with Crippen LogP contribution in [-0.4, -0.2) is 40.2 Å². The molecule has 7 nitrogen and oxygen atoms in total. The van der Waals surface area contributed by atoms with E-state index >= 15 is 0 Å². The number of nitrogens with one attached hydrogen (secondary N) is 1. The summed E-state index contributed by atoms with van der Waals surface area (Å²) >= 11 is 0.703. The Bertz CT molecular complexity index is 1240. The molecule has 0 saturated carbocycles. The van der Waals surface area contributed by atoms with Gasteiger partial charge in [0.1, 0.15) is 17.3 Å². The lowest BCUT2D eigenvalue weighted by Crippen LogP contribution is -2.37. The van der Waals surface area contributed by atoms with Crippen LogP contribution in [0.4, 0.5) is 13.6 Å². The van der Waals surface area contributed by atoms with E-state index in [9.17, 15) is 23.2 Å². The van der Waals surface area contributed by atoms with Gasteiger partial charge >= 0.3 is 0 Å². The number of nitrogens with zero attached hydrogens (tertiary/aromatic N) is 2. The lowest BCUT2D eigenvalue weighted by molar-refractivity contribution is -0.122. The van der Waals surface area contributed by atoms with E-state index in [1.54, 1.807) is 12.1 Å². The SMILES string of the molecule is O=C(NCCN1C(=O)S/C(=C\c2ccccc2F)C1=O)c1cc(-c2cccc(F)c2)no1. The number of hydrogen-bond acceptors (Lipinski definition) is 6. The van der Waals surface area contributed by atoms with Gasteiger partial charge in [-0.15, -0.1) is 0 Å². The molecule has 162 valence electrons. The summed E-state index contributed by atoms with van der Waals surface area (Å²) < 4.78 is 32.1. The topological polar surface area (TPSA) is 92.5 Å². The van der Waals surface area contributed by atoms with Crippen molar-refractivity contribution in [2.75, 3.05) is 13.1 Å². The maximum Gasteiger partial charge on any atom is 0.293 e. The first-order chi connectivity index (χ1) is 15.4. The molecule has 1 aromatic heterocycles. The van der Waals surface area contributed by atoms with Gasteiger partial charge in [-0.1, -0.05) is 35.5 Å². The molecule has 0 aliphatic carbocycles. The summed E-state index contributed by atoms with van der Waals surface area (Å²) in [7, 11) is 0. The van der Waals surface area contributed by atoms with E-state index in [1.807, 2.05) is 0 Å². The van der Waals surface area contributed by atoms with Crippen molar-refractivity contribution in [3.63, 3.8) is 0 Å². The first kappa shape index (κ1) is 21.4. The van der Waals surface area contributed by atoms with Gasteiger partial charge in [-0.3, -0.25) is 19.3 Å². The number of carbonyl (C=O) groups is 3. The summed E-state index contributed by atoms with van der Waals surface area (Å²) in [5, 5.41) is 5.77. The second kappa shape index (κ2) is 9.15. The number of thioether (sulfide) groups is 1. The molecule has 2 heterocycles. The van der Waals surface area contributed by atoms with Gasteiger partial charge in [0.05, 0.1) is 4.91 Å². The smallest absolute Gasteiger partial charge is 0.293 e. The third kappa shape index (κ3) is 4.59. The quantitative estimate of drug-likeness (QED) is 0.563. The molecular weight excluding hydrogens is 440 g/mol. The first-order valence-corrected chi connectivity index (χ1v) is 10.2. The monoisotopic (exact) mass is 455 g/mol. The summed E-state index contributed by atoms with van der Waals surface area (Å²) in [5.41, 5.74) is 0.942. The molecule has 1 aliphatic rings. The lowest BCUT2D eigenvalue weighted by Gasteiger charge is -2.12. The first-order valence-electron chi connectivity index (χ1n) is 9.43. The fourth-order valence-corrected chi connectivity index (χ4v) is 3.82. The number of imide groups is 1. The molecule has 1 fully saturated rings. The maximum absolute atomic E-state index is 13.8. The molecule has 3 aromatic rings. The number of aromatic nitrogens is 1. The van der Waals surface area contributed by atoms with Crippen LogP contribution in [0, 0.1) is 11.6 Å². The third-order valence-electron chi connectivity index (χ3n) is 4.54. The number of rotatable bonds is 6. The highest BCUT2D eigenvalue weighted by atomic mass is 32.2. The summed E-state index contributed by atoms with van der Waals surface area (Å²) in [6.07, 6.45) is 1.32. The Kier molecular flexibility index (Phi) is 6.13. The highest BCUT2D eigenvalue weighted by Gasteiger charge is 2.34. The fraction of sp³-hybridized carbons (Fsp3) is 0.0909. The van der Waals surface area contributed by atoms with Crippen molar-refractivity contribution in [2.45, 2.75) is 0 Å². The molecule has 4 rings (SSSR count). The second-order valence-corrected chi connectivity index (χ2v) is 7.69. The molecule has 1 N–H and O–H groups in total. The molecule has 1 aliphatic heterocycles. The number of benzene rings is 2. The molecule has 10 heteroatoms. The summed E-state index contributed by atoms with van der Waals surface area (Å²) in [5.74, 6) is -2.22. The molecule has 0 spiro atoms. The van der Waals surface area contributed by atoms with Crippen molar-refractivity contribution in [3.05, 3.63) is 82.5 Å². The normalized spacial score (nSPS) is 14.9. The standard InChI is InChI=1S/C22H15F2N3O4S/c23-15-6-3-5-14(10-15)17-12-18(31-26-17)20(28)25-8-9-27-21(29)19(32-22(27)30)11-13-4-1-2-7-16(13)24/h1-7,10-12H,8-9H2,(H,25,28)/b19-11-. The van der Waals surface area contributed by atoms with Crippen molar-refractivity contribution < 1.29 is 27.7 Å². The van der Waals surface area contributed by atoms with Crippen LogP contribution in [0.5, 0.6) is 0 Å². The Hall–Kier alpha value is -3.79. The third-order valence-corrected chi connectivity index (χ3v) is 5.45. The Morgan fingerprint density at radius 3 is 2.72 bits per heavy atom. The fourth-order valence-electron chi connectivity index (χ4n) is 2.96. The van der Waals surface area contributed by atoms with Crippen molar-refractivity contribution in [1.29, 1.82) is 0 Å². The van der Waals surface area contributed by atoms with E-state index in [-0.39, 0.29) is 29.3 Å². The van der Waals surface area contributed by atoms with Crippen LogP contribution in [-0.2, 0) is 4.79 Å². The van der Waals surface area contributed by atoms with E-state index in [4.69, 9.17) is 4.52 Å². The van der Waals surface area contributed by atoms with E-state index in [0.717, 1.165) is 4.90 Å². The van der Waals surface area contributed by atoms with Gasteiger partial charge in [0, 0.05) is 30.3 Å². The summed E-state index contributed by atoms with van der Waals surface area (Å²) in [4.78, 5) is 38.0. The average Bonchev–Trinajstić information content (AvgIpc) is 3.36. The van der Waals surface area contributed by atoms with Crippen LogP contribution in [0.25, 0.3) is 17.3 Å². The van der Waals surface area contributed by atoms with Gasteiger partial charge in [0.15, 0.2) is 0 Å². The van der Waals surface area contributed by atoms with Gasteiger partial charge in [0.2, 0.25) is 5.76 Å². The van der Waals surface area contributed by atoms with Crippen LogP contribution in [0.15, 0.2) is 64.0 Å². The van der Waals surface area contributed by atoms with Gasteiger partial charge in [0.25, 0.3) is 17.1 Å². The Morgan fingerprint density at radius 1 is 1.12 bits per heavy atom. The summed E-state index contributed by atoms with van der Waals surface area (Å²) in [6.45, 7) is -0.101.